The second-order valence-corrected chi connectivity index (χ2v) is 1.93. The molecule has 0 saturated carbocycles. The van der Waals surface area contributed by atoms with E-state index >= 15 is 0 Å². The van der Waals surface area contributed by atoms with Crippen LogP contribution in [0.1, 0.15) is 11.1 Å². The average molecular weight is 270 g/mol. The molecule has 9 heavy (non-hydrogen) atoms. The fourth-order valence-electron chi connectivity index (χ4n) is 0.610. The van der Waals surface area contributed by atoms with E-state index in [4.69, 9.17) is 0 Å². The Hall–Kier alpha value is 0.350. The predicted octanol–water partition coefficient (Wildman–Crippen LogP) is 2.18. The van der Waals surface area contributed by atoms with E-state index in [1.165, 1.54) is 5.56 Å². The Balaban J connectivity index is 0.000000640. The minimum atomic E-state index is 0. The molecule has 1 aromatic carbocycles. The van der Waals surface area contributed by atoms with Crippen LogP contribution >= 0.6 is 0 Å². The van der Waals surface area contributed by atoms with E-state index in [0.717, 1.165) is 5.56 Å². The van der Waals surface area contributed by atoms with Crippen LogP contribution in [-0.4, -0.2) is 0 Å². The molecule has 0 N–H and O–H groups in total. The molecule has 0 aliphatic rings. The minimum Gasteiger partial charge on any atom is -0.198 e. The van der Waals surface area contributed by atoms with Gasteiger partial charge in [-0.1, -0.05) is 13.0 Å². The van der Waals surface area contributed by atoms with Gasteiger partial charge in [0.1, 0.15) is 0 Å². The molecule has 0 aromatic heterocycles. The van der Waals surface area contributed by atoms with Gasteiger partial charge in [0.05, 0.1) is 0 Å². The number of aryl methyl sites for hydroxylation is 1. The first-order valence-corrected chi connectivity index (χ1v) is 2.68. The monoisotopic (exact) mass is 270 g/mol. The summed E-state index contributed by atoms with van der Waals surface area (Å²) in [7, 11) is 0. The van der Waals surface area contributed by atoms with Crippen molar-refractivity contribution >= 4 is 0 Å². The zero-order valence-corrected chi connectivity index (χ0v) is 7.25. The fraction of sp³-hybridized carbons (Fsp3) is 0.125. The Morgan fingerprint density at radius 1 is 1.22 bits per heavy atom. The number of benzene rings is 1. The van der Waals surface area contributed by atoms with Crippen LogP contribution in [0.15, 0.2) is 24.3 Å². The van der Waals surface area contributed by atoms with Crippen LogP contribution in [-0.2, 0) is 0 Å². The molecule has 0 aliphatic carbocycles. The fourth-order valence-corrected chi connectivity index (χ4v) is 0.610. The molecule has 53 valence electrons. The molecular formula is C8H9Ho-. The summed E-state index contributed by atoms with van der Waals surface area (Å²) in [5.41, 5.74) is 2.38. The molecule has 0 bridgehead atoms. The van der Waals surface area contributed by atoms with E-state index in [9.17, 15) is 0 Å². The zero-order valence-electron chi connectivity index (χ0n) is 5.32. The molecule has 0 spiro atoms. The van der Waals surface area contributed by atoms with Gasteiger partial charge in [0, 0.05) is 37.7 Å². The van der Waals surface area contributed by atoms with Crippen molar-refractivity contribution in [1.29, 1.82) is 0 Å². The predicted molar refractivity (Wildman–Crippen MR) is 35.6 cm³/mol. The summed E-state index contributed by atoms with van der Waals surface area (Å²) in [4.78, 5) is 0. The first-order chi connectivity index (χ1) is 3.80. The summed E-state index contributed by atoms with van der Waals surface area (Å²) in [5.74, 6) is 0. The van der Waals surface area contributed by atoms with Crippen molar-refractivity contribution in [1.82, 2.24) is 0 Å². The molecule has 0 saturated heterocycles. The summed E-state index contributed by atoms with van der Waals surface area (Å²) in [5, 5.41) is 0. The Bertz CT molecular complexity index is 161. The van der Waals surface area contributed by atoms with Crippen LogP contribution in [0.2, 0.25) is 0 Å². The van der Waals surface area contributed by atoms with Crippen molar-refractivity contribution in [3.8, 4) is 0 Å². The van der Waals surface area contributed by atoms with Crippen molar-refractivity contribution in [2.45, 2.75) is 6.92 Å². The van der Waals surface area contributed by atoms with Crippen LogP contribution < -0.4 is 0 Å². The third-order valence-electron chi connectivity index (χ3n) is 1.26. The minimum absolute atomic E-state index is 0. The Kier molecular flexibility index (Phi) is 4.37. The van der Waals surface area contributed by atoms with Crippen LogP contribution in [0.5, 0.6) is 0 Å². The maximum absolute atomic E-state index is 3.82. The van der Waals surface area contributed by atoms with E-state index in [0.29, 0.717) is 0 Å². The van der Waals surface area contributed by atoms with Gasteiger partial charge in [0.2, 0.25) is 0 Å². The number of hydrogen-bond acceptors (Lipinski definition) is 0. The third kappa shape index (κ3) is 2.61. The van der Waals surface area contributed by atoms with E-state index in [1.807, 2.05) is 18.2 Å². The number of hydrogen-bond donors (Lipinski definition) is 0. The largest absolute Gasteiger partial charge is 0.198 e. The van der Waals surface area contributed by atoms with Gasteiger partial charge in [-0.2, -0.15) is 24.1 Å². The van der Waals surface area contributed by atoms with Gasteiger partial charge >= 0.3 is 0 Å². The van der Waals surface area contributed by atoms with E-state index < -0.39 is 0 Å². The summed E-state index contributed by atoms with van der Waals surface area (Å²) in [6.07, 6.45) is 0. The third-order valence-corrected chi connectivity index (χ3v) is 1.26. The second-order valence-electron chi connectivity index (χ2n) is 1.93. The maximum atomic E-state index is 3.82. The van der Waals surface area contributed by atoms with Gasteiger partial charge in [-0.05, 0) is 0 Å². The van der Waals surface area contributed by atoms with Gasteiger partial charge < -0.3 is 0 Å². The van der Waals surface area contributed by atoms with E-state index in [2.05, 4.69) is 19.9 Å². The van der Waals surface area contributed by atoms with Gasteiger partial charge in [-0.3, -0.25) is 0 Å². The molecule has 0 nitrogen and oxygen atoms in total. The second kappa shape index (κ2) is 4.21. The maximum Gasteiger partial charge on any atom is 0 e. The Labute approximate surface area is 86.3 Å². The Morgan fingerprint density at radius 2 is 1.78 bits per heavy atom. The van der Waals surface area contributed by atoms with Crippen LogP contribution in [0.25, 0.3) is 0 Å². The first-order valence-electron chi connectivity index (χ1n) is 2.68. The summed E-state index contributed by atoms with van der Waals surface area (Å²) >= 11 is 0. The molecule has 0 amide bonds. The topological polar surface area (TPSA) is 0 Å². The van der Waals surface area contributed by atoms with Crippen molar-refractivity contribution < 1.29 is 37.7 Å². The quantitative estimate of drug-likeness (QED) is 0.500. The van der Waals surface area contributed by atoms with Crippen molar-refractivity contribution in [3.63, 3.8) is 0 Å². The van der Waals surface area contributed by atoms with Gasteiger partial charge in [-0.15, -0.1) is 12.1 Å². The first kappa shape index (κ1) is 9.35. The molecule has 0 heterocycles. The van der Waals surface area contributed by atoms with Gasteiger partial charge in [0.25, 0.3) is 0 Å². The van der Waals surface area contributed by atoms with Crippen molar-refractivity contribution in [2.24, 2.45) is 0 Å². The van der Waals surface area contributed by atoms with Crippen molar-refractivity contribution in [2.75, 3.05) is 0 Å². The molecule has 1 rings (SSSR count). The summed E-state index contributed by atoms with van der Waals surface area (Å²) in [6, 6.07) is 8.08. The molecule has 0 aliphatic heterocycles. The van der Waals surface area contributed by atoms with Gasteiger partial charge in [0.15, 0.2) is 0 Å². The van der Waals surface area contributed by atoms with E-state index in [-0.39, 0.29) is 37.7 Å². The van der Waals surface area contributed by atoms with Crippen molar-refractivity contribution in [3.05, 3.63) is 42.3 Å². The van der Waals surface area contributed by atoms with Crippen LogP contribution in [0.3, 0.4) is 0 Å². The Morgan fingerprint density at radius 3 is 2.11 bits per heavy atom. The molecule has 1 radical (unpaired) electrons. The molecular weight excluding hydrogens is 261 g/mol. The van der Waals surface area contributed by atoms with E-state index in [1.54, 1.807) is 0 Å². The molecule has 0 unspecified atom stereocenters. The SMILES string of the molecule is [CH2-]c1ccccc1C.[Ho]. The number of rotatable bonds is 0. The summed E-state index contributed by atoms with van der Waals surface area (Å²) in [6.45, 7) is 5.88. The standard InChI is InChI=1S/C8H9.Ho/c1-7-5-3-4-6-8(7)2;/h3-6H,1H2,2H3;/q-1;. The van der Waals surface area contributed by atoms with Gasteiger partial charge in [-0.25, -0.2) is 0 Å². The van der Waals surface area contributed by atoms with Crippen LogP contribution in [0, 0.1) is 51.6 Å². The smallest absolute Gasteiger partial charge is 0 e. The molecule has 1 heteroatoms. The summed E-state index contributed by atoms with van der Waals surface area (Å²) < 4.78 is 0. The average Bonchev–Trinajstić information content (AvgIpc) is 1.77. The van der Waals surface area contributed by atoms with Crippen LogP contribution in [0.4, 0.5) is 0 Å². The zero-order chi connectivity index (χ0) is 5.98. The normalized spacial score (nSPS) is 8.11. The molecule has 0 fully saturated rings. The molecule has 1 aromatic rings. The molecule has 0 atom stereocenters.